The molecule has 2 N–H and O–H groups in total. The standard InChI is InChI=1S/C16H34N2O4S.Na/c1-2-3-4-5-6-7-8-9-10-11-13-17-16(19)18-14-12-15-23(20,21)22;/h2-15H2,1H3,(H2,17,18,19)(H,20,21,22);/q;+1/p-1. The number of hydrogen-bond acceptors (Lipinski definition) is 4. The minimum Gasteiger partial charge on any atom is -0.748 e. The molecule has 0 radical (unpaired) electrons. The fourth-order valence-electron chi connectivity index (χ4n) is 2.33. The van der Waals surface area contributed by atoms with Gasteiger partial charge in [-0.3, -0.25) is 0 Å². The number of carbonyl (C=O) groups is 1. The van der Waals surface area contributed by atoms with E-state index in [1.807, 2.05) is 0 Å². The molecule has 24 heavy (non-hydrogen) atoms. The van der Waals surface area contributed by atoms with Crippen LogP contribution in [0.4, 0.5) is 4.79 Å². The molecule has 0 aromatic rings. The molecule has 0 spiro atoms. The largest absolute Gasteiger partial charge is 1.00 e. The molecule has 8 heteroatoms. The summed E-state index contributed by atoms with van der Waals surface area (Å²) in [7, 11) is -4.18. The first-order chi connectivity index (χ1) is 11.0. The summed E-state index contributed by atoms with van der Waals surface area (Å²) < 4.78 is 31.1. The van der Waals surface area contributed by atoms with Crippen LogP contribution < -0.4 is 40.2 Å². The Kier molecular flexibility index (Phi) is 19.8. The predicted molar refractivity (Wildman–Crippen MR) is 92.4 cm³/mol. The number of nitrogens with one attached hydrogen (secondary N) is 2. The molecule has 0 aliphatic heterocycles. The van der Waals surface area contributed by atoms with Crippen LogP contribution in [0.25, 0.3) is 0 Å². The Morgan fingerprint density at radius 3 is 1.67 bits per heavy atom. The molecule has 0 atom stereocenters. The number of rotatable bonds is 15. The van der Waals surface area contributed by atoms with Gasteiger partial charge in [0, 0.05) is 18.8 Å². The topological polar surface area (TPSA) is 98.3 Å². The van der Waals surface area contributed by atoms with E-state index in [9.17, 15) is 17.8 Å². The van der Waals surface area contributed by atoms with Crippen molar-refractivity contribution in [2.24, 2.45) is 0 Å². The van der Waals surface area contributed by atoms with Crippen LogP contribution in [0.5, 0.6) is 0 Å². The van der Waals surface area contributed by atoms with Gasteiger partial charge in [-0.25, -0.2) is 13.2 Å². The summed E-state index contributed by atoms with van der Waals surface area (Å²) in [5.41, 5.74) is 0. The third-order valence-corrected chi connectivity index (χ3v) is 4.46. The van der Waals surface area contributed by atoms with Gasteiger partial charge >= 0.3 is 35.6 Å². The molecular weight excluding hydrogens is 339 g/mol. The summed E-state index contributed by atoms with van der Waals surface area (Å²) in [5.74, 6) is -0.439. The molecule has 0 bridgehead atoms. The SMILES string of the molecule is CCCCCCCCCCCCNC(=O)NCCCS(=O)(=O)[O-].[Na+]. The van der Waals surface area contributed by atoms with E-state index >= 15 is 0 Å². The molecule has 0 heterocycles. The normalized spacial score (nSPS) is 10.9. The first kappa shape index (κ1) is 26.4. The van der Waals surface area contributed by atoms with Gasteiger partial charge in [-0.1, -0.05) is 64.7 Å². The molecule has 0 aliphatic rings. The maximum atomic E-state index is 11.4. The average molecular weight is 373 g/mol. The van der Waals surface area contributed by atoms with E-state index in [0.717, 1.165) is 12.8 Å². The molecule has 0 rings (SSSR count). The zero-order valence-corrected chi connectivity index (χ0v) is 18.3. The van der Waals surface area contributed by atoms with Crippen LogP contribution in [0, 0.1) is 0 Å². The second kappa shape index (κ2) is 18.0. The van der Waals surface area contributed by atoms with E-state index in [-0.39, 0.29) is 48.6 Å². The number of amides is 2. The monoisotopic (exact) mass is 372 g/mol. The van der Waals surface area contributed by atoms with Gasteiger partial charge in [-0.2, -0.15) is 0 Å². The molecule has 2 amide bonds. The molecule has 0 aromatic heterocycles. The Morgan fingerprint density at radius 2 is 1.21 bits per heavy atom. The van der Waals surface area contributed by atoms with Crippen molar-refractivity contribution < 1.29 is 47.3 Å². The molecule has 0 aliphatic carbocycles. The van der Waals surface area contributed by atoms with Crippen LogP contribution >= 0.6 is 0 Å². The Hall–Kier alpha value is 0.180. The van der Waals surface area contributed by atoms with E-state index in [2.05, 4.69) is 17.6 Å². The van der Waals surface area contributed by atoms with Crippen molar-refractivity contribution in [3.63, 3.8) is 0 Å². The Bertz CT molecular complexity index is 392. The van der Waals surface area contributed by atoms with Gasteiger partial charge in [0.05, 0.1) is 10.1 Å². The van der Waals surface area contributed by atoms with Crippen LogP contribution in [-0.2, 0) is 10.1 Å². The van der Waals surface area contributed by atoms with Crippen LogP contribution in [0.15, 0.2) is 0 Å². The Labute approximate surface area is 170 Å². The minimum atomic E-state index is -4.18. The van der Waals surface area contributed by atoms with Crippen molar-refractivity contribution in [2.45, 2.75) is 77.6 Å². The van der Waals surface area contributed by atoms with Crippen molar-refractivity contribution in [3.8, 4) is 0 Å². The Balaban J connectivity index is 0. The van der Waals surface area contributed by atoms with Gasteiger partial charge in [-0.15, -0.1) is 0 Å². The van der Waals surface area contributed by atoms with E-state index in [0.29, 0.717) is 6.54 Å². The van der Waals surface area contributed by atoms with Gasteiger partial charge in [0.15, 0.2) is 0 Å². The number of urea groups is 1. The first-order valence-corrected chi connectivity index (χ1v) is 10.5. The van der Waals surface area contributed by atoms with Crippen molar-refractivity contribution >= 4 is 16.1 Å². The van der Waals surface area contributed by atoms with Crippen molar-refractivity contribution in [3.05, 3.63) is 0 Å². The molecule has 0 fully saturated rings. The fraction of sp³-hybridized carbons (Fsp3) is 0.938. The molecule has 0 unspecified atom stereocenters. The molecule has 6 nitrogen and oxygen atoms in total. The molecular formula is C16H33N2NaO4S. The predicted octanol–water partition coefficient (Wildman–Crippen LogP) is 0.146. The molecule has 0 saturated carbocycles. The number of hydrogen-bond donors (Lipinski definition) is 2. The molecule has 138 valence electrons. The van der Waals surface area contributed by atoms with Crippen molar-refractivity contribution in [1.29, 1.82) is 0 Å². The summed E-state index contributed by atoms with van der Waals surface area (Å²) in [6.45, 7) is 3.05. The maximum absolute atomic E-state index is 11.4. The number of unbranched alkanes of at least 4 members (excludes halogenated alkanes) is 9. The summed E-state index contributed by atoms with van der Waals surface area (Å²) in [5, 5.41) is 5.27. The van der Waals surface area contributed by atoms with E-state index < -0.39 is 15.9 Å². The van der Waals surface area contributed by atoms with E-state index in [1.54, 1.807) is 0 Å². The van der Waals surface area contributed by atoms with Gasteiger partial charge in [0.1, 0.15) is 0 Å². The van der Waals surface area contributed by atoms with Gasteiger partial charge in [-0.05, 0) is 12.8 Å². The number of carbonyl (C=O) groups excluding carboxylic acids is 1. The maximum Gasteiger partial charge on any atom is 1.00 e. The van der Waals surface area contributed by atoms with E-state index in [1.165, 1.54) is 51.4 Å². The van der Waals surface area contributed by atoms with Gasteiger partial charge in [0.2, 0.25) is 0 Å². The quantitative estimate of drug-likeness (QED) is 0.243. The summed E-state index contributed by atoms with van der Waals surface area (Å²) in [4.78, 5) is 11.4. The Morgan fingerprint density at radius 1 is 0.792 bits per heavy atom. The van der Waals surface area contributed by atoms with Crippen LogP contribution in [0.3, 0.4) is 0 Å². The fourth-order valence-corrected chi connectivity index (χ4v) is 2.83. The second-order valence-corrected chi connectivity index (χ2v) is 7.50. The second-order valence-electron chi connectivity index (χ2n) is 5.98. The average Bonchev–Trinajstić information content (AvgIpc) is 2.48. The minimum absolute atomic E-state index is 0. The summed E-state index contributed by atoms with van der Waals surface area (Å²) in [6.07, 6.45) is 12.7. The van der Waals surface area contributed by atoms with Gasteiger partial charge < -0.3 is 15.2 Å². The summed E-state index contributed by atoms with van der Waals surface area (Å²) in [6, 6.07) is -0.302. The van der Waals surface area contributed by atoms with Crippen LogP contribution in [0.2, 0.25) is 0 Å². The van der Waals surface area contributed by atoms with Crippen LogP contribution in [0.1, 0.15) is 77.6 Å². The third-order valence-electron chi connectivity index (χ3n) is 3.67. The van der Waals surface area contributed by atoms with E-state index in [4.69, 9.17) is 0 Å². The molecule has 0 aromatic carbocycles. The van der Waals surface area contributed by atoms with Gasteiger partial charge in [0.25, 0.3) is 0 Å². The van der Waals surface area contributed by atoms with Crippen LogP contribution in [-0.4, -0.2) is 37.8 Å². The zero-order valence-electron chi connectivity index (χ0n) is 15.4. The smallest absolute Gasteiger partial charge is 0.748 e. The zero-order chi connectivity index (χ0) is 17.4. The van der Waals surface area contributed by atoms with Crippen molar-refractivity contribution in [1.82, 2.24) is 10.6 Å². The van der Waals surface area contributed by atoms with Crippen molar-refractivity contribution in [2.75, 3.05) is 18.8 Å². The third kappa shape index (κ3) is 22.2. The summed E-state index contributed by atoms with van der Waals surface area (Å²) >= 11 is 0. The molecule has 0 saturated heterocycles. The first-order valence-electron chi connectivity index (χ1n) is 8.91.